The number of carbonyl (C=O) groups excluding carboxylic acids is 1. The monoisotopic (exact) mass is 454 g/mol. The van der Waals surface area contributed by atoms with Crippen LogP contribution in [-0.2, 0) is 11.8 Å². The van der Waals surface area contributed by atoms with Crippen LogP contribution >= 0.6 is 0 Å². The average Bonchev–Trinajstić information content (AvgIpc) is 3.25. The van der Waals surface area contributed by atoms with E-state index in [2.05, 4.69) is 43.7 Å². The summed E-state index contributed by atoms with van der Waals surface area (Å²) in [5, 5.41) is 21.8. The Morgan fingerprint density at radius 3 is 2.62 bits per heavy atom. The molecule has 3 N–H and O–H groups in total. The zero-order chi connectivity index (χ0) is 24.1. The van der Waals surface area contributed by atoms with Crippen LogP contribution < -0.4 is 16.0 Å². The van der Waals surface area contributed by atoms with E-state index in [9.17, 15) is 9.18 Å². The van der Waals surface area contributed by atoms with E-state index in [0.717, 1.165) is 11.6 Å². The minimum atomic E-state index is -0.539. The molecule has 168 valence electrons. The highest BCUT2D eigenvalue weighted by Gasteiger charge is 2.14. The Morgan fingerprint density at radius 2 is 1.94 bits per heavy atom. The van der Waals surface area contributed by atoms with Crippen molar-refractivity contribution >= 4 is 34.7 Å². The van der Waals surface area contributed by atoms with Crippen LogP contribution in [0, 0.1) is 17.1 Å². The van der Waals surface area contributed by atoms with Crippen molar-refractivity contribution in [3.63, 3.8) is 0 Å². The quantitative estimate of drug-likeness (QED) is 0.352. The van der Waals surface area contributed by atoms with Crippen molar-refractivity contribution in [2.75, 3.05) is 16.0 Å². The molecule has 1 amide bonds. The van der Waals surface area contributed by atoms with E-state index in [-0.39, 0.29) is 11.6 Å². The molecule has 0 fully saturated rings. The van der Waals surface area contributed by atoms with Gasteiger partial charge in [0.1, 0.15) is 11.6 Å². The maximum Gasteiger partial charge on any atom is 0.247 e. The van der Waals surface area contributed by atoms with E-state index >= 15 is 0 Å². The molecular formula is C24H19FN8O. The number of anilines is 5. The summed E-state index contributed by atoms with van der Waals surface area (Å²) in [5.41, 5.74) is 2.98. The Balaban J connectivity index is 1.73. The Kier molecular flexibility index (Phi) is 6.27. The van der Waals surface area contributed by atoms with E-state index in [1.807, 2.05) is 0 Å². The lowest BCUT2D eigenvalue weighted by Crippen LogP contribution is -2.08. The van der Waals surface area contributed by atoms with Gasteiger partial charge in [0, 0.05) is 30.7 Å². The summed E-state index contributed by atoms with van der Waals surface area (Å²) in [6.45, 7) is 3.42. The topological polar surface area (TPSA) is 121 Å². The number of nitrogens with one attached hydrogen (secondary N) is 3. The van der Waals surface area contributed by atoms with Crippen molar-refractivity contribution in [1.29, 1.82) is 5.26 Å². The van der Waals surface area contributed by atoms with Gasteiger partial charge in [-0.1, -0.05) is 18.7 Å². The van der Waals surface area contributed by atoms with Crippen molar-refractivity contribution < 1.29 is 9.18 Å². The lowest BCUT2D eigenvalue weighted by Gasteiger charge is -2.14. The molecule has 0 aliphatic carbocycles. The van der Waals surface area contributed by atoms with Crippen molar-refractivity contribution in [2.45, 2.75) is 0 Å². The van der Waals surface area contributed by atoms with Crippen LogP contribution in [0.3, 0.4) is 0 Å². The molecule has 9 nitrogen and oxygen atoms in total. The fourth-order valence-electron chi connectivity index (χ4n) is 3.11. The summed E-state index contributed by atoms with van der Waals surface area (Å²) in [6.07, 6.45) is 6.10. The van der Waals surface area contributed by atoms with Gasteiger partial charge in [-0.05, 0) is 42.0 Å². The number of carbonyl (C=O) groups is 1. The van der Waals surface area contributed by atoms with Crippen LogP contribution in [-0.4, -0.2) is 25.7 Å². The summed E-state index contributed by atoms with van der Waals surface area (Å²) in [5.74, 6) is -0.370. The Morgan fingerprint density at radius 1 is 1.15 bits per heavy atom. The van der Waals surface area contributed by atoms with Crippen LogP contribution in [0.4, 0.5) is 33.2 Å². The lowest BCUT2D eigenvalue weighted by molar-refractivity contribution is -0.111. The summed E-state index contributed by atoms with van der Waals surface area (Å²) < 4.78 is 16.3. The molecule has 0 atom stereocenters. The third-order valence-electron chi connectivity index (χ3n) is 4.75. The predicted molar refractivity (Wildman–Crippen MR) is 127 cm³/mol. The SMILES string of the molecule is C=CC(=O)Nc1ccc(F)c(Nc2nc(Nc3cnn(C)c3)ncc2-c2ccc(C#N)cc2)c1. The maximum absolute atomic E-state index is 14.7. The number of nitrogens with zero attached hydrogens (tertiary/aromatic N) is 5. The molecular weight excluding hydrogens is 435 g/mol. The fourth-order valence-corrected chi connectivity index (χ4v) is 3.11. The van der Waals surface area contributed by atoms with E-state index in [0.29, 0.717) is 28.3 Å². The first-order valence-electron chi connectivity index (χ1n) is 10.1. The molecule has 0 bridgehead atoms. The second-order valence-corrected chi connectivity index (χ2v) is 7.19. The molecule has 0 saturated carbocycles. The number of benzene rings is 2. The van der Waals surface area contributed by atoms with Crippen LogP contribution in [0.2, 0.25) is 0 Å². The number of aromatic nitrogens is 4. The van der Waals surface area contributed by atoms with E-state index in [4.69, 9.17) is 5.26 Å². The zero-order valence-corrected chi connectivity index (χ0v) is 18.1. The van der Waals surface area contributed by atoms with Gasteiger partial charge in [0.25, 0.3) is 0 Å². The molecule has 0 saturated heterocycles. The number of aryl methyl sites for hydroxylation is 1. The molecule has 2 aromatic carbocycles. The molecule has 4 aromatic rings. The van der Waals surface area contributed by atoms with Crippen LogP contribution in [0.25, 0.3) is 11.1 Å². The summed E-state index contributed by atoms with van der Waals surface area (Å²) in [6, 6.07) is 13.1. The van der Waals surface area contributed by atoms with Crippen molar-refractivity contribution in [2.24, 2.45) is 7.05 Å². The highest BCUT2D eigenvalue weighted by atomic mass is 19.1. The average molecular weight is 454 g/mol. The minimum Gasteiger partial charge on any atom is -0.337 e. The molecule has 0 radical (unpaired) electrons. The molecule has 0 aliphatic heterocycles. The van der Waals surface area contributed by atoms with Gasteiger partial charge in [-0.3, -0.25) is 9.48 Å². The van der Waals surface area contributed by atoms with Crippen molar-refractivity contribution in [3.8, 4) is 17.2 Å². The number of hydrogen-bond donors (Lipinski definition) is 3. The van der Waals surface area contributed by atoms with Gasteiger partial charge in [-0.25, -0.2) is 9.37 Å². The molecule has 4 rings (SSSR count). The summed E-state index contributed by atoms with van der Waals surface area (Å²) in [4.78, 5) is 20.5. The highest BCUT2D eigenvalue weighted by Crippen LogP contribution is 2.31. The van der Waals surface area contributed by atoms with E-state index in [1.165, 1.54) is 18.2 Å². The molecule has 0 spiro atoms. The zero-order valence-electron chi connectivity index (χ0n) is 18.1. The van der Waals surface area contributed by atoms with Gasteiger partial charge in [0.05, 0.1) is 29.2 Å². The van der Waals surface area contributed by atoms with Gasteiger partial charge in [0.2, 0.25) is 11.9 Å². The van der Waals surface area contributed by atoms with Gasteiger partial charge in [0.15, 0.2) is 0 Å². The Labute approximate surface area is 194 Å². The fraction of sp³-hybridized carbons (Fsp3) is 0.0417. The molecule has 2 heterocycles. The number of amides is 1. The smallest absolute Gasteiger partial charge is 0.247 e. The number of hydrogen-bond acceptors (Lipinski definition) is 7. The summed E-state index contributed by atoms with van der Waals surface area (Å²) in [7, 11) is 1.79. The van der Waals surface area contributed by atoms with Gasteiger partial charge >= 0.3 is 0 Å². The Bertz CT molecular complexity index is 1410. The van der Waals surface area contributed by atoms with E-state index < -0.39 is 11.7 Å². The molecule has 34 heavy (non-hydrogen) atoms. The third-order valence-corrected chi connectivity index (χ3v) is 4.75. The summed E-state index contributed by atoms with van der Waals surface area (Å²) >= 11 is 0. The molecule has 0 aliphatic rings. The van der Waals surface area contributed by atoms with Crippen molar-refractivity contribution in [1.82, 2.24) is 19.7 Å². The first-order chi connectivity index (χ1) is 16.4. The lowest BCUT2D eigenvalue weighted by atomic mass is 10.1. The van der Waals surface area contributed by atoms with Crippen LogP contribution in [0.5, 0.6) is 0 Å². The normalized spacial score (nSPS) is 10.3. The molecule has 0 unspecified atom stereocenters. The van der Waals surface area contributed by atoms with Gasteiger partial charge < -0.3 is 16.0 Å². The Hall–Kier alpha value is -5.04. The first kappa shape index (κ1) is 22.2. The largest absolute Gasteiger partial charge is 0.337 e. The highest BCUT2D eigenvalue weighted by molar-refractivity contribution is 5.99. The molecule has 2 aromatic heterocycles. The third kappa shape index (κ3) is 5.05. The van der Waals surface area contributed by atoms with E-state index in [1.54, 1.807) is 54.6 Å². The standard InChI is InChI=1S/C24H19FN8O/c1-3-22(34)29-17-8-9-20(25)21(10-17)31-23-19(16-6-4-15(11-26)5-7-16)13-27-24(32-23)30-18-12-28-33(2)14-18/h3-10,12-14H,1H2,2H3,(H,29,34)(H2,27,30,31,32). The number of rotatable bonds is 7. The number of nitriles is 1. The second kappa shape index (κ2) is 9.62. The van der Waals surface area contributed by atoms with Crippen LogP contribution in [0.1, 0.15) is 5.56 Å². The molecule has 10 heteroatoms. The van der Waals surface area contributed by atoms with Crippen LogP contribution in [0.15, 0.2) is 73.7 Å². The maximum atomic E-state index is 14.7. The predicted octanol–water partition coefficient (Wildman–Crippen LogP) is 4.50. The first-order valence-corrected chi connectivity index (χ1v) is 10.1. The second-order valence-electron chi connectivity index (χ2n) is 7.19. The van der Waals surface area contributed by atoms with Gasteiger partial charge in [-0.2, -0.15) is 15.3 Å². The van der Waals surface area contributed by atoms with Gasteiger partial charge in [-0.15, -0.1) is 0 Å². The number of halogens is 1. The minimum absolute atomic E-state index is 0.0998. The van der Waals surface area contributed by atoms with Crippen molar-refractivity contribution in [3.05, 3.63) is 85.1 Å².